The van der Waals surface area contributed by atoms with Crippen molar-refractivity contribution >= 4 is 21.7 Å². The van der Waals surface area contributed by atoms with Crippen molar-refractivity contribution in [3.05, 3.63) is 28.5 Å². The van der Waals surface area contributed by atoms with E-state index in [1.54, 1.807) is 6.07 Å². The highest BCUT2D eigenvalue weighted by Crippen LogP contribution is 2.10. The van der Waals surface area contributed by atoms with E-state index in [0.717, 1.165) is 19.6 Å². The van der Waals surface area contributed by atoms with Gasteiger partial charge in [-0.2, -0.15) is 0 Å². The van der Waals surface area contributed by atoms with Crippen LogP contribution in [0.4, 0.5) is 0 Å². The fourth-order valence-corrected chi connectivity index (χ4v) is 2.58. The molecule has 1 aromatic rings. The van der Waals surface area contributed by atoms with Crippen LogP contribution in [-0.2, 0) is 0 Å². The number of nitrogens with zero attached hydrogens (tertiary/aromatic N) is 2. The Kier molecular flexibility index (Phi) is 7.38. The molecule has 0 atom stereocenters. The lowest BCUT2D eigenvalue weighted by molar-refractivity contribution is 0.0951. The molecule has 3 nitrogen and oxygen atoms in total. The molecule has 112 valence electrons. The maximum atomic E-state index is 12.2. The Hall–Kier alpha value is -0.740. The predicted octanol–water partition coefficient (Wildman–Crippen LogP) is 4.03. The van der Waals surface area contributed by atoms with E-state index in [1.165, 1.54) is 0 Å². The molecule has 1 heterocycles. The molecular formula is C16H25BrN2O. The largest absolute Gasteiger partial charge is 0.302 e. The van der Waals surface area contributed by atoms with Gasteiger partial charge in [0.15, 0.2) is 5.78 Å². The first-order chi connectivity index (χ1) is 9.38. The quantitative estimate of drug-likeness (QED) is 0.529. The minimum absolute atomic E-state index is 0.115. The van der Waals surface area contributed by atoms with Crippen LogP contribution in [0.15, 0.2) is 22.8 Å². The topological polar surface area (TPSA) is 33.2 Å². The number of carbonyl (C=O) groups is 1. The standard InChI is InChI=1S/C16H25BrN2O/c1-12(2)10-19(11-13(3)4)9-8-15(20)14-6-5-7-16(17)18-14/h5-7,12-13H,8-11H2,1-4H3. The van der Waals surface area contributed by atoms with Crippen molar-refractivity contribution in [1.82, 2.24) is 9.88 Å². The molecule has 1 rings (SSSR count). The zero-order chi connectivity index (χ0) is 15.1. The maximum absolute atomic E-state index is 12.2. The summed E-state index contributed by atoms with van der Waals surface area (Å²) in [6, 6.07) is 5.47. The van der Waals surface area contributed by atoms with Crippen molar-refractivity contribution in [2.24, 2.45) is 11.8 Å². The third kappa shape index (κ3) is 6.62. The zero-order valence-corrected chi connectivity index (χ0v) is 14.5. The zero-order valence-electron chi connectivity index (χ0n) is 12.9. The smallest absolute Gasteiger partial charge is 0.182 e. The van der Waals surface area contributed by atoms with Crippen molar-refractivity contribution in [2.45, 2.75) is 34.1 Å². The van der Waals surface area contributed by atoms with E-state index < -0.39 is 0 Å². The van der Waals surface area contributed by atoms with Gasteiger partial charge in [-0.25, -0.2) is 4.98 Å². The van der Waals surface area contributed by atoms with Crippen LogP contribution in [0.2, 0.25) is 0 Å². The lowest BCUT2D eigenvalue weighted by Gasteiger charge is -2.25. The summed E-state index contributed by atoms with van der Waals surface area (Å²) in [5, 5.41) is 0. The van der Waals surface area contributed by atoms with Crippen molar-refractivity contribution in [3.8, 4) is 0 Å². The van der Waals surface area contributed by atoms with Gasteiger partial charge in [-0.1, -0.05) is 33.8 Å². The first-order valence-electron chi connectivity index (χ1n) is 7.26. The van der Waals surface area contributed by atoms with E-state index >= 15 is 0 Å². The Balaban J connectivity index is 2.55. The van der Waals surface area contributed by atoms with Crippen LogP contribution in [0.25, 0.3) is 0 Å². The number of hydrogen-bond acceptors (Lipinski definition) is 3. The monoisotopic (exact) mass is 340 g/mol. The number of Topliss-reactive ketones (excluding diaryl/α,β-unsaturated/α-hetero) is 1. The van der Waals surface area contributed by atoms with Crippen LogP contribution in [0.3, 0.4) is 0 Å². The average molecular weight is 341 g/mol. The Morgan fingerprint density at radius 2 is 1.80 bits per heavy atom. The molecule has 0 radical (unpaired) electrons. The number of rotatable bonds is 8. The van der Waals surface area contributed by atoms with Crippen LogP contribution in [0, 0.1) is 11.8 Å². The van der Waals surface area contributed by atoms with E-state index in [2.05, 4.69) is 53.5 Å². The number of hydrogen-bond donors (Lipinski definition) is 0. The van der Waals surface area contributed by atoms with Gasteiger partial charge >= 0.3 is 0 Å². The molecule has 0 N–H and O–H groups in total. The third-order valence-corrected chi connectivity index (χ3v) is 3.34. The van der Waals surface area contributed by atoms with Crippen LogP contribution in [-0.4, -0.2) is 35.3 Å². The minimum atomic E-state index is 0.115. The van der Waals surface area contributed by atoms with E-state index in [9.17, 15) is 4.79 Å². The molecule has 0 aromatic carbocycles. The summed E-state index contributed by atoms with van der Waals surface area (Å²) in [7, 11) is 0. The fourth-order valence-electron chi connectivity index (χ4n) is 2.24. The van der Waals surface area contributed by atoms with Gasteiger partial charge < -0.3 is 4.90 Å². The Labute approximate surface area is 130 Å². The Morgan fingerprint density at radius 3 is 2.30 bits per heavy atom. The molecule has 0 saturated carbocycles. The summed E-state index contributed by atoms with van der Waals surface area (Å²) in [6.45, 7) is 11.7. The summed E-state index contributed by atoms with van der Waals surface area (Å²) in [4.78, 5) is 18.8. The van der Waals surface area contributed by atoms with Gasteiger partial charge in [0.1, 0.15) is 10.3 Å². The molecule has 4 heteroatoms. The van der Waals surface area contributed by atoms with Gasteiger partial charge in [-0.15, -0.1) is 0 Å². The van der Waals surface area contributed by atoms with Gasteiger partial charge in [0.2, 0.25) is 0 Å². The van der Waals surface area contributed by atoms with Gasteiger partial charge in [0.05, 0.1) is 0 Å². The van der Waals surface area contributed by atoms with Crippen molar-refractivity contribution in [2.75, 3.05) is 19.6 Å². The summed E-state index contributed by atoms with van der Waals surface area (Å²) >= 11 is 3.30. The molecule has 0 aliphatic heterocycles. The van der Waals surface area contributed by atoms with E-state index in [4.69, 9.17) is 0 Å². The first kappa shape index (κ1) is 17.3. The van der Waals surface area contributed by atoms with Gasteiger partial charge in [-0.05, 0) is 39.9 Å². The molecule has 20 heavy (non-hydrogen) atoms. The Bertz CT molecular complexity index is 422. The molecule has 1 aromatic heterocycles. The minimum Gasteiger partial charge on any atom is -0.302 e. The molecule has 0 spiro atoms. The SMILES string of the molecule is CC(C)CN(CCC(=O)c1cccc(Br)n1)CC(C)C. The molecule has 0 aliphatic rings. The molecule has 0 amide bonds. The van der Waals surface area contributed by atoms with Crippen LogP contribution >= 0.6 is 15.9 Å². The number of pyridine rings is 1. The normalized spacial score (nSPS) is 11.6. The van der Waals surface area contributed by atoms with Crippen molar-refractivity contribution in [3.63, 3.8) is 0 Å². The van der Waals surface area contributed by atoms with Gasteiger partial charge in [0.25, 0.3) is 0 Å². The molecule has 0 bridgehead atoms. The highest BCUT2D eigenvalue weighted by atomic mass is 79.9. The predicted molar refractivity (Wildman–Crippen MR) is 87.0 cm³/mol. The van der Waals surface area contributed by atoms with Crippen LogP contribution in [0.5, 0.6) is 0 Å². The number of carbonyl (C=O) groups excluding carboxylic acids is 1. The highest BCUT2D eigenvalue weighted by molar-refractivity contribution is 9.10. The summed E-state index contributed by atoms with van der Waals surface area (Å²) in [5.41, 5.74) is 0.549. The second kappa shape index (κ2) is 8.53. The molecule has 0 unspecified atom stereocenters. The summed E-state index contributed by atoms with van der Waals surface area (Å²) in [6.07, 6.45) is 0.531. The van der Waals surface area contributed by atoms with Gasteiger partial charge in [0, 0.05) is 26.1 Å². The summed E-state index contributed by atoms with van der Waals surface area (Å²) in [5.74, 6) is 1.35. The van der Waals surface area contributed by atoms with Crippen molar-refractivity contribution < 1.29 is 4.79 Å². The van der Waals surface area contributed by atoms with E-state index in [0.29, 0.717) is 28.6 Å². The van der Waals surface area contributed by atoms with Gasteiger partial charge in [-0.3, -0.25) is 4.79 Å². The molecule has 0 fully saturated rings. The second-order valence-corrected chi connectivity index (χ2v) is 6.88. The van der Waals surface area contributed by atoms with E-state index in [1.807, 2.05) is 12.1 Å². The van der Waals surface area contributed by atoms with E-state index in [-0.39, 0.29) is 5.78 Å². The molecule has 0 aliphatic carbocycles. The number of aromatic nitrogens is 1. The summed E-state index contributed by atoms with van der Waals surface area (Å²) < 4.78 is 0.713. The lowest BCUT2D eigenvalue weighted by Crippen LogP contribution is -2.33. The lowest BCUT2D eigenvalue weighted by atomic mass is 10.1. The van der Waals surface area contributed by atoms with Crippen LogP contribution in [0.1, 0.15) is 44.6 Å². The first-order valence-corrected chi connectivity index (χ1v) is 8.06. The second-order valence-electron chi connectivity index (χ2n) is 6.07. The van der Waals surface area contributed by atoms with Crippen LogP contribution < -0.4 is 0 Å². The maximum Gasteiger partial charge on any atom is 0.182 e. The third-order valence-electron chi connectivity index (χ3n) is 2.90. The Morgan fingerprint density at radius 1 is 1.20 bits per heavy atom. The average Bonchev–Trinajstić information content (AvgIpc) is 2.34. The molecule has 0 saturated heterocycles. The highest BCUT2D eigenvalue weighted by Gasteiger charge is 2.13. The molecular weight excluding hydrogens is 316 g/mol. The fraction of sp³-hybridized carbons (Fsp3) is 0.625. The van der Waals surface area contributed by atoms with Crippen molar-refractivity contribution in [1.29, 1.82) is 0 Å². The number of ketones is 1. The number of halogens is 1.